The molecule has 1 heterocycles. The zero-order chi connectivity index (χ0) is 18.6. The third kappa shape index (κ3) is 4.46. The SMILES string of the molecule is CCOC(=O)c1sc(NC(=O)c2cccc(S(=O)(=O)CC)c2)cc1C. The number of hydrogen-bond donors (Lipinski definition) is 1. The van der Waals surface area contributed by atoms with Crippen LogP contribution >= 0.6 is 11.3 Å². The maximum Gasteiger partial charge on any atom is 0.348 e. The number of thiophene rings is 1. The molecular weight excluding hydrogens is 362 g/mol. The van der Waals surface area contributed by atoms with Crippen LogP contribution in [0.25, 0.3) is 0 Å². The van der Waals surface area contributed by atoms with Crippen LogP contribution in [-0.4, -0.2) is 32.7 Å². The highest BCUT2D eigenvalue weighted by Gasteiger charge is 2.18. The van der Waals surface area contributed by atoms with Crippen molar-refractivity contribution < 1.29 is 22.7 Å². The van der Waals surface area contributed by atoms with Gasteiger partial charge in [0, 0.05) is 5.56 Å². The van der Waals surface area contributed by atoms with E-state index < -0.39 is 21.7 Å². The standard InChI is InChI=1S/C17H19NO5S2/c1-4-23-17(20)15-11(3)9-14(24-15)18-16(19)12-7-6-8-13(10-12)25(21,22)5-2/h6-10H,4-5H2,1-3H3,(H,18,19). The predicted octanol–water partition coefficient (Wildman–Crippen LogP) is 3.28. The average Bonchev–Trinajstić information content (AvgIpc) is 2.95. The second-order valence-corrected chi connectivity index (χ2v) is 8.56. The number of carbonyl (C=O) groups excluding carboxylic acids is 2. The van der Waals surface area contributed by atoms with E-state index in [1.807, 2.05) is 0 Å². The van der Waals surface area contributed by atoms with E-state index in [0.717, 1.165) is 11.3 Å². The molecule has 0 saturated heterocycles. The van der Waals surface area contributed by atoms with Gasteiger partial charge in [0.25, 0.3) is 5.91 Å². The molecule has 0 unspecified atom stereocenters. The Morgan fingerprint density at radius 3 is 2.56 bits per heavy atom. The molecule has 2 rings (SSSR count). The van der Waals surface area contributed by atoms with Crippen molar-refractivity contribution in [1.82, 2.24) is 0 Å². The first kappa shape index (κ1) is 19.1. The second-order valence-electron chi connectivity index (χ2n) is 5.23. The van der Waals surface area contributed by atoms with Crippen LogP contribution in [0.5, 0.6) is 0 Å². The Morgan fingerprint density at radius 2 is 1.92 bits per heavy atom. The number of rotatable bonds is 6. The van der Waals surface area contributed by atoms with Gasteiger partial charge in [-0.1, -0.05) is 13.0 Å². The number of carbonyl (C=O) groups is 2. The van der Waals surface area contributed by atoms with Crippen LogP contribution < -0.4 is 5.32 Å². The fourth-order valence-electron chi connectivity index (χ4n) is 2.12. The maximum absolute atomic E-state index is 12.4. The van der Waals surface area contributed by atoms with Gasteiger partial charge in [0.2, 0.25) is 0 Å². The van der Waals surface area contributed by atoms with E-state index in [9.17, 15) is 18.0 Å². The molecule has 2 aromatic rings. The number of benzene rings is 1. The first-order valence-corrected chi connectivity index (χ1v) is 10.2. The van der Waals surface area contributed by atoms with E-state index in [0.29, 0.717) is 15.4 Å². The molecule has 0 saturated carbocycles. The lowest BCUT2D eigenvalue weighted by Crippen LogP contribution is -2.12. The van der Waals surface area contributed by atoms with Gasteiger partial charge in [-0.3, -0.25) is 4.79 Å². The van der Waals surface area contributed by atoms with Gasteiger partial charge in [-0.25, -0.2) is 13.2 Å². The van der Waals surface area contributed by atoms with Crippen molar-refractivity contribution in [2.24, 2.45) is 0 Å². The van der Waals surface area contributed by atoms with Gasteiger partial charge in [-0.15, -0.1) is 11.3 Å². The summed E-state index contributed by atoms with van der Waals surface area (Å²) in [7, 11) is -3.39. The lowest BCUT2D eigenvalue weighted by Gasteiger charge is -2.05. The fraction of sp³-hybridized carbons (Fsp3) is 0.294. The van der Waals surface area contributed by atoms with E-state index in [4.69, 9.17) is 4.74 Å². The van der Waals surface area contributed by atoms with Crippen molar-refractivity contribution in [2.75, 3.05) is 17.7 Å². The molecule has 1 amide bonds. The fourth-order valence-corrected chi connectivity index (χ4v) is 4.01. The normalized spacial score (nSPS) is 11.2. The Morgan fingerprint density at radius 1 is 1.20 bits per heavy atom. The summed E-state index contributed by atoms with van der Waals surface area (Å²) in [6, 6.07) is 7.56. The lowest BCUT2D eigenvalue weighted by molar-refractivity contribution is 0.0531. The number of aryl methyl sites for hydroxylation is 1. The molecule has 0 aliphatic rings. The molecule has 0 spiro atoms. The first-order chi connectivity index (χ1) is 11.8. The van der Waals surface area contributed by atoms with E-state index in [-0.39, 0.29) is 22.8 Å². The third-order valence-corrected chi connectivity index (χ3v) is 6.32. The number of hydrogen-bond acceptors (Lipinski definition) is 6. The smallest absolute Gasteiger partial charge is 0.348 e. The monoisotopic (exact) mass is 381 g/mol. The summed E-state index contributed by atoms with van der Waals surface area (Å²) in [6.07, 6.45) is 0. The average molecular weight is 381 g/mol. The highest BCUT2D eigenvalue weighted by Crippen LogP contribution is 2.28. The van der Waals surface area contributed by atoms with Gasteiger partial charge in [-0.05, 0) is 43.7 Å². The molecule has 0 radical (unpaired) electrons. The van der Waals surface area contributed by atoms with E-state index in [2.05, 4.69) is 5.32 Å². The number of nitrogens with one attached hydrogen (secondary N) is 1. The van der Waals surface area contributed by atoms with Crippen LogP contribution in [0.3, 0.4) is 0 Å². The molecule has 1 aromatic heterocycles. The number of ether oxygens (including phenoxy) is 1. The lowest BCUT2D eigenvalue weighted by atomic mass is 10.2. The summed E-state index contributed by atoms with van der Waals surface area (Å²) in [4.78, 5) is 24.8. The van der Waals surface area contributed by atoms with Crippen molar-refractivity contribution in [1.29, 1.82) is 0 Å². The van der Waals surface area contributed by atoms with Gasteiger partial charge < -0.3 is 10.1 Å². The number of esters is 1. The summed E-state index contributed by atoms with van der Waals surface area (Å²) < 4.78 is 28.8. The van der Waals surface area contributed by atoms with Crippen molar-refractivity contribution in [3.05, 3.63) is 46.3 Å². The molecule has 0 aliphatic carbocycles. The summed E-state index contributed by atoms with van der Waals surface area (Å²) in [5.41, 5.74) is 0.944. The number of amides is 1. The van der Waals surface area contributed by atoms with Crippen LogP contribution in [0.4, 0.5) is 5.00 Å². The summed E-state index contributed by atoms with van der Waals surface area (Å²) in [6.45, 7) is 5.30. The summed E-state index contributed by atoms with van der Waals surface area (Å²) >= 11 is 1.12. The van der Waals surface area contributed by atoms with Crippen molar-refractivity contribution in [3.63, 3.8) is 0 Å². The molecule has 8 heteroatoms. The first-order valence-electron chi connectivity index (χ1n) is 7.70. The molecular formula is C17H19NO5S2. The molecule has 134 valence electrons. The highest BCUT2D eigenvalue weighted by atomic mass is 32.2. The van der Waals surface area contributed by atoms with Crippen molar-refractivity contribution >= 4 is 38.1 Å². The molecule has 0 bridgehead atoms. The predicted molar refractivity (Wildman–Crippen MR) is 97.1 cm³/mol. The minimum Gasteiger partial charge on any atom is -0.462 e. The van der Waals surface area contributed by atoms with Crippen LogP contribution in [0.2, 0.25) is 0 Å². The van der Waals surface area contributed by atoms with Gasteiger partial charge in [0.1, 0.15) is 4.88 Å². The molecule has 1 aromatic carbocycles. The van der Waals surface area contributed by atoms with E-state index in [1.165, 1.54) is 24.3 Å². The van der Waals surface area contributed by atoms with Crippen LogP contribution in [0.15, 0.2) is 35.2 Å². The summed E-state index contributed by atoms with van der Waals surface area (Å²) in [5.74, 6) is -0.906. The Hall–Kier alpha value is -2.19. The number of sulfone groups is 1. The minimum absolute atomic E-state index is 0.0366. The minimum atomic E-state index is -3.39. The molecule has 0 fully saturated rings. The molecule has 25 heavy (non-hydrogen) atoms. The van der Waals surface area contributed by atoms with E-state index >= 15 is 0 Å². The van der Waals surface area contributed by atoms with Gasteiger partial charge in [-0.2, -0.15) is 0 Å². The Bertz CT molecular complexity index is 900. The highest BCUT2D eigenvalue weighted by molar-refractivity contribution is 7.91. The van der Waals surface area contributed by atoms with Gasteiger partial charge in [0.15, 0.2) is 9.84 Å². The molecule has 0 aliphatic heterocycles. The Balaban J connectivity index is 2.22. The zero-order valence-corrected chi connectivity index (χ0v) is 15.8. The van der Waals surface area contributed by atoms with Crippen molar-refractivity contribution in [2.45, 2.75) is 25.7 Å². The van der Waals surface area contributed by atoms with Crippen LogP contribution in [0, 0.1) is 6.92 Å². The number of anilines is 1. The zero-order valence-electron chi connectivity index (χ0n) is 14.2. The van der Waals surface area contributed by atoms with Crippen LogP contribution in [0.1, 0.15) is 39.4 Å². The maximum atomic E-state index is 12.4. The largest absolute Gasteiger partial charge is 0.462 e. The molecule has 1 N–H and O–H groups in total. The molecule has 6 nitrogen and oxygen atoms in total. The second kappa shape index (κ2) is 7.79. The van der Waals surface area contributed by atoms with E-state index in [1.54, 1.807) is 26.8 Å². The topological polar surface area (TPSA) is 89.5 Å². The van der Waals surface area contributed by atoms with Gasteiger partial charge in [0.05, 0.1) is 22.3 Å². The third-order valence-electron chi connectivity index (χ3n) is 3.45. The quantitative estimate of drug-likeness (QED) is 0.776. The Kier molecular flexibility index (Phi) is 5.97. The summed E-state index contributed by atoms with van der Waals surface area (Å²) in [5, 5.41) is 3.18. The molecule has 0 atom stereocenters. The van der Waals surface area contributed by atoms with Crippen LogP contribution in [-0.2, 0) is 14.6 Å². The van der Waals surface area contributed by atoms with Gasteiger partial charge >= 0.3 is 5.97 Å². The Labute approximate surface area is 150 Å². The van der Waals surface area contributed by atoms with Crippen molar-refractivity contribution in [3.8, 4) is 0 Å².